The number of rotatable bonds is 2. The zero-order chi connectivity index (χ0) is 16.7. The van der Waals surface area contributed by atoms with E-state index in [1.54, 1.807) is 0 Å². The van der Waals surface area contributed by atoms with Crippen LogP contribution in [0.5, 0.6) is 0 Å². The molecule has 0 aliphatic carbocycles. The molecule has 0 aliphatic rings. The summed E-state index contributed by atoms with van der Waals surface area (Å²) in [6, 6.07) is 1.99. The van der Waals surface area contributed by atoms with E-state index in [1.807, 2.05) is 0 Å². The number of benzene rings is 1. The molecule has 1 aromatic heterocycles. The molecule has 0 aliphatic heterocycles. The van der Waals surface area contributed by atoms with Gasteiger partial charge in [0.2, 0.25) is 0 Å². The molecule has 1 heterocycles. The number of carbonyl (C=O) groups excluding carboxylic acids is 1. The molecule has 1 atom stereocenters. The van der Waals surface area contributed by atoms with Crippen LogP contribution in [0.25, 0.3) is 10.9 Å². The first-order chi connectivity index (χ1) is 10.2. The van der Waals surface area contributed by atoms with Crippen molar-refractivity contribution in [1.82, 2.24) is 4.57 Å². The zero-order valence-electron chi connectivity index (χ0n) is 11.6. The minimum Gasteiger partial charge on any atom is -0.467 e. The highest BCUT2D eigenvalue weighted by Gasteiger charge is 2.34. The summed E-state index contributed by atoms with van der Waals surface area (Å²) in [7, 11) is 1.17. The number of ether oxygens (including phenoxy) is 1. The van der Waals surface area contributed by atoms with E-state index < -0.39 is 34.2 Å². The van der Waals surface area contributed by atoms with Gasteiger partial charge in [-0.2, -0.15) is 13.2 Å². The normalized spacial score (nSPS) is 13.2. The van der Waals surface area contributed by atoms with Crippen LogP contribution in [0.3, 0.4) is 0 Å². The number of carbonyl (C=O) groups is 1. The highest BCUT2D eigenvalue weighted by Crippen LogP contribution is 2.36. The Morgan fingerprint density at radius 3 is 2.55 bits per heavy atom. The number of nitrogens with zero attached hydrogens (tertiary/aromatic N) is 1. The lowest BCUT2D eigenvalue weighted by Gasteiger charge is -2.18. The molecule has 1 aromatic carbocycles. The van der Waals surface area contributed by atoms with E-state index in [9.17, 15) is 22.8 Å². The molecule has 0 spiro atoms. The summed E-state index contributed by atoms with van der Waals surface area (Å²) in [6.45, 7) is 1.46. The Morgan fingerprint density at radius 1 is 1.36 bits per heavy atom. The molecule has 0 fully saturated rings. The summed E-state index contributed by atoms with van der Waals surface area (Å²) in [5, 5.41) is -0.572. The summed E-state index contributed by atoms with van der Waals surface area (Å²) >= 11 is 5.62. The molecule has 4 nitrogen and oxygen atoms in total. The quantitative estimate of drug-likeness (QED) is 0.791. The topological polar surface area (TPSA) is 48.3 Å². The van der Waals surface area contributed by atoms with Gasteiger partial charge in [-0.25, -0.2) is 4.79 Å². The maximum atomic E-state index is 13.0. The average Bonchev–Trinajstić information content (AvgIpc) is 2.45. The summed E-state index contributed by atoms with van der Waals surface area (Å²) in [5.74, 6) is -0.645. The van der Waals surface area contributed by atoms with E-state index in [2.05, 4.69) is 4.74 Å². The number of halogens is 4. The molecule has 2 rings (SSSR count). The third-order valence-corrected chi connectivity index (χ3v) is 3.59. The molecule has 2 aromatic rings. The largest absolute Gasteiger partial charge is 0.467 e. The Bertz CT molecular complexity index is 798. The summed E-state index contributed by atoms with van der Waals surface area (Å²) < 4.78 is 44.7. The first kappa shape index (κ1) is 16.4. The van der Waals surface area contributed by atoms with Gasteiger partial charge in [0, 0.05) is 17.6 Å². The Kier molecular flexibility index (Phi) is 4.19. The Labute approximate surface area is 128 Å². The second-order valence-electron chi connectivity index (χ2n) is 4.63. The molecule has 0 bridgehead atoms. The Hall–Kier alpha value is -2.02. The first-order valence-corrected chi connectivity index (χ1v) is 6.54. The first-order valence-electron chi connectivity index (χ1n) is 6.16. The third-order valence-electron chi connectivity index (χ3n) is 3.28. The van der Waals surface area contributed by atoms with Crippen molar-refractivity contribution in [3.8, 4) is 0 Å². The predicted molar refractivity (Wildman–Crippen MR) is 74.9 cm³/mol. The van der Waals surface area contributed by atoms with E-state index in [0.29, 0.717) is 0 Å². The molecular weight excluding hydrogens is 323 g/mol. The van der Waals surface area contributed by atoms with Crippen LogP contribution in [0.1, 0.15) is 18.5 Å². The van der Waals surface area contributed by atoms with E-state index in [-0.39, 0.29) is 10.9 Å². The van der Waals surface area contributed by atoms with Gasteiger partial charge in [0.1, 0.15) is 6.04 Å². The van der Waals surface area contributed by atoms with Gasteiger partial charge in [-0.15, -0.1) is 0 Å². The lowest BCUT2D eigenvalue weighted by atomic mass is 10.1. The van der Waals surface area contributed by atoms with Crippen LogP contribution in [0.2, 0.25) is 5.02 Å². The Balaban J connectivity index is 2.82. The van der Waals surface area contributed by atoms with Gasteiger partial charge in [-0.05, 0) is 19.1 Å². The smallest absolute Gasteiger partial charge is 0.417 e. The average molecular weight is 334 g/mol. The van der Waals surface area contributed by atoms with Crippen LogP contribution in [-0.4, -0.2) is 17.6 Å². The molecule has 118 valence electrons. The van der Waals surface area contributed by atoms with Gasteiger partial charge in [-0.3, -0.25) is 4.79 Å². The standard InChI is InChI=1S/C14H11ClF3NO3/c1-7(13(21)22-2)19-4-3-12(20)8-5-10(15)9(6-11(8)19)14(16,17)18/h3-7H,1-2H3. The van der Waals surface area contributed by atoms with Gasteiger partial charge in [0.05, 0.1) is 23.2 Å². The Morgan fingerprint density at radius 2 is 2.00 bits per heavy atom. The van der Waals surface area contributed by atoms with E-state index in [1.165, 1.54) is 24.8 Å². The van der Waals surface area contributed by atoms with Crippen molar-refractivity contribution < 1.29 is 22.7 Å². The van der Waals surface area contributed by atoms with E-state index in [4.69, 9.17) is 11.6 Å². The van der Waals surface area contributed by atoms with Gasteiger partial charge in [0.25, 0.3) is 0 Å². The van der Waals surface area contributed by atoms with E-state index in [0.717, 1.165) is 18.2 Å². The molecule has 0 amide bonds. The van der Waals surface area contributed by atoms with Crippen molar-refractivity contribution >= 4 is 28.5 Å². The second kappa shape index (κ2) is 5.64. The number of hydrogen-bond acceptors (Lipinski definition) is 3. The fourth-order valence-corrected chi connectivity index (χ4v) is 2.40. The van der Waals surface area contributed by atoms with Crippen molar-refractivity contribution in [2.24, 2.45) is 0 Å². The van der Waals surface area contributed by atoms with Crippen LogP contribution >= 0.6 is 11.6 Å². The third kappa shape index (κ3) is 2.81. The number of aromatic nitrogens is 1. The highest BCUT2D eigenvalue weighted by molar-refractivity contribution is 6.32. The molecule has 0 saturated heterocycles. The molecule has 0 N–H and O–H groups in total. The van der Waals surface area contributed by atoms with Crippen molar-refractivity contribution in [3.63, 3.8) is 0 Å². The SMILES string of the molecule is COC(=O)C(C)n1ccc(=O)c2cc(Cl)c(C(F)(F)F)cc21. The molecule has 22 heavy (non-hydrogen) atoms. The van der Waals surface area contributed by atoms with E-state index >= 15 is 0 Å². The molecule has 1 unspecified atom stereocenters. The number of esters is 1. The van der Waals surface area contributed by atoms with Crippen LogP contribution < -0.4 is 5.43 Å². The predicted octanol–water partition coefficient (Wildman–Crippen LogP) is 3.41. The summed E-state index contributed by atoms with van der Waals surface area (Å²) in [5.41, 5.74) is -1.60. The fraction of sp³-hybridized carbons (Fsp3) is 0.286. The summed E-state index contributed by atoms with van der Waals surface area (Å²) in [6.07, 6.45) is -3.42. The minimum atomic E-state index is -4.67. The van der Waals surface area contributed by atoms with Gasteiger partial charge < -0.3 is 9.30 Å². The minimum absolute atomic E-state index is 0.00347. The van der Waals surface area contributed by atoms with Crippen molar-refractivity contribution in [1.29, 1.82) is 0 Å². The maximum Gasteiger partial charge on any atom is 0.417 e. The van der Waals surface area contributed by atoms with Crippen LogP contribution in [-0.2, 0) is 15.7 Å². The molecular formula is C14H11ClF3NO3. The van der Waals surface area contributed by atoms with Crippen LogP contribution in [0.15, 0.2) is 29.2 Å². The van der Waals surface area contributed by atoms with Crippen LogP contribution in [0, 0.1) is 0 Å². The van der Waals surface area contributed by atoms with Crippen molar-refractivity contribution in [2.75, 3.05) is 7.11 Å². The maximum absolute atomic E-state index is 13.0. The molecule has 0 radical (unpaired) electrons. The number of pyridine rings is 1. The number of fused-ring (bicyclic) bond motifs is 1. The highest BCUT2D eigenvalue weighted by atomic mass is 35.5. The van der Waals surface area contributed by atoms with Crippen molar-refractivity contribution in [3.05, 3.63) is 45.2 Å². The fourth-order valence-electron chi connectivity index (χ4n) is 2.13. The van der Waals surface area contributed by atoms with Gasteiger partial charge in [0.15, 0.2) is 5.43 Å². The number of hydrogen-bond donors (Lipinski definition) is 0. The number of methoxy groups -OCH3 is 1. The van der Waals surface area contributed by atoms with Gasteiger partial charge in [-0.1, -0.05) is 11.6 Å². The molecule has 8 heteroatoms. The zero-order valence-corrected chi connectivity index (χ0v) is 12.3. The molecule has 0 saturated carbocycles. The monoisotopic (exact) mass is 333 g/mol. The van der Waals surface area contributed by atoms with Crippen molar-refractivity contribution in [2.45, 2.75) is 19.1 Å². The lowest BCUT2D eigenvalue weighted by Crippen LogP contribution is -2.20. The second-order valence-corrected chi connectivity index (χ2v) is 5.04. The lowest BCUT2D eigenvalue weighted by molar-refractivity contribution is -0.143. The number of alkyl halides is 3. The van der Waals surface area contributed by atoms with Gasteiger partial charge >= 0.3 is 12.1 Å². The summed E-state index contributed by atoms with van der Waals surface area (Å²) in [4.78, 5) is 23.5. The van der Waals surface area contributed by atoms with Crippen LogP contribution in [0.4, 0.5) is 13.2 Å².